The summed E-state index contributed by atoms with van der Waals surface area (Å²) in [6.07, 6.45) is 0.375. The molecule has 0 aromatic heterocycles. The van der Waals surface area contributed by atoms with Gasteiger partial charge >= 0.3 is 6.09 Å². The van der Waals surface area contributed by atoms with Gasteiger partial charge in [0.2, 0.25) is 0 Å². The number of ether oxygens (including phenoxy) is 1. The van der Waals surface area contributed by atoms with E-state index in [4.69, 9.17) is 4.74 Å². The van der Waals surface area contributed by atoms with Crippen LogP contribution in [0.3, 0.4) is 0 Å². The first kappa shape index (κ1) is 21.6. The van der Waals surface area contributed by atoms with Crippen molar-refractivity contribution >= 4 is 23.4 Å². The summed E-state index contributed by atoms with van der Waals surface area (Å²) in [5, 5.41) is 5.57. The van der Waals surface area contributed by atoms with E-state index in [1.54, 1.807) is 31.2 Å². The largest absolute Gasteiger partial charge is 0.450 e. The molecule has 0 aliphatic carbocycles. The number of rotatable bonds is 8. The molecule has 2 aromatic carbocycles. The summed E-state index contributed by atoms with van der Waals surface area (Å²) in [5.74, 6) is -0.142. The lowest BCUT2D eigenvalue weighted by atomic mass is 10.2. The van der Waals surface area contributed by atoms with Crippen LogP contribution < -0.4 is 15.5 Å². The quantitative estimate of drug-likeness (QED) is 0.654. The molecule has 1 heterocycles. The number of carbonyl (C=O) groups excluding carboxylic acids is 2. The van der Waals surface area contributed by atoms with Crippen molar-refractivity contribution in [3.63, 3.8) is 0 Å². The maximum Gasteiger partial charge on any atom is 0.411 e. The van der Waals surface area contributed by atoms with E-state index < -0.39 is 6.09 Å². The Hall–Kier alpha value is -3.06. The van der Waals surface area contributed by atoms with Crippen molar-refractivity contribution in [2.45, 2.75) is 13.3 Å². The third-order valence-electron chi connectivity index (χ3n) is 5.08. The van der Waals surface area contributed by atoms with Gasteiger partial charge in [-0.1, -0.05) is 24.3 Å². The highest BCUT2D eigenvalue weighted by molar-refractivity contribution is 5.96. The molecule has 1 saturated heterocycles. The Kier molecular flexibility index (Phi) is 8.09. The Labute approximate surface area is 178 Å². The first-order valence-corrected chi connectivity index (χ1v) is 10.5. The molecule has 30 heavy (non-hydrogen) atoms. The molecule has 2 N–H and O–H groups in total. The second-order valence-electron chi connectivity index (χ2n) is 7.20. The van der Waals surface area contributed by atoms with Crippen molar-refractivity contribution in [3.8, 4) is 0 Å². The monoisotopic (exact) mass is 410 g/mol. The van der Waals surface area contributed by atoms with Crippen LogP contribution in [-0.2, 0) is 4.74 Å². The lowest BCUT2D eigenvalue weighted by Gasteiger charge is -2.36. The Morgan fingerprint density at radius 3 is 2.50 bits per heavy atom. The molecular formula is C23H30N4O3. The van der Waals surface area contributed by atoms with Crippen LogP contribution in [0.5, 0.6) is 0 Å². The Balaban J connectivity index is 1.36. The molecule has 1 aliphatic heterocycles. The Morgan fingerprint density at radius 2 is 1.77 bits per heavy atom. The topological polar surface area (TPSA) is 73.9 Å². The van der Waals surface area contributed by atoms with E-state index in [2.05, 4.69) is 44.7 Å². The molecule has 0 bridgehead atoms. The molecule has 0 unspecified atom stereocenters. The molecule has 0 atom stereocenters. The van der Waals surface area contributed by atoms with Gasteiger partial charge < -0.3 is 15.0 Å². The average molecular weight is 411 g/mol. The zero-order valence-electron chi connectivity index (χ0n) is 17.5. The third-order valence-corrected chi connectivity index (χ3v) is 5.08. The Bertz CT molecular complexity index is 820. The number of amides is 2. The van der Waals surface area contributed by atoms with Crippen molar-refractivity contribution < 1.29 is 14.3 Å². The number of carbonyl (C=O) groups is 2. The summed E-state index contributed by atoms with van der Waals surface area (Å²) >= 11 is 0. The minimum Gasteiger partial charge on any atom is -0.450 e. The fourth-order valence-corrected chi connectivity index (χ4v) is 3.50. The fraction of sp³-hybridized carbons (Fsp3) is 0.391. The molecule has 3 rings (SSSR count). The van der Waals surface area contributed by atoms with E-state index in [9.17, 15) is 9.59 Å². The maximum absolute atomic E-state index is 12.4. The Morgan fingerprint density at radius 1 is 1.00 bits per heavy atom. The van der Waals surface area contributed by atoms with Gasteiger partial charge in [0.1, 0.15) is 0 Å². The van der Waals surface area contributed by atoms with E-state index in [0.717, 1.165) is 39.1 Å². The van der Waals surface area contributed by atoms with Gasteiger partial charge in [0.05, 0.1) is 6.61 Å². The van der Waals surface area contributed by atoms with E-state index in [1.165, 1.54) is 5.69 Å². The molecule has 0 saturated carbocycles. The van der Waals surface area contributed by atoms with Crippen molar-refractivity contribution in [1.29, 1.82) is 0 Å². The summed E-state index contributed by atoms with van der Waals surface area (Å²) in [5.41, 5.74) is 2.34. The van der Waals surface area contributed by atoms with Crippen molar-refractivity contribution in [1.82, 2.24) is 10.2 Å². The van der Waals surface area contributed by atoms with Gasteiger partial charge in [-0.3, -0.25) is 15.0 Å². The van der Waals surface area contributed by atoms with Gasteiger partial charge in [0.15, 0.2) is 0 Å². The number of piperazine rings is 1. The number of hydrogen-bond acceptors (Lipinski definition) is 5. The molecule has 1 aliphatic rings. The molecule has 7 heteroatoms. The van der Waals surface area contributed by atoms with Gasteiger partial charge in [0, 0.05) is 49.7 Å². The van der Waals surface area contributed by atoms with Crippen molar-refractivity contribution in [2.24, 2.45) is 0 Å². The second kappa shape index (κ2) is 11.2. The van der Waals surface area contributed by atoms with E-state index in [1.807, 2.05) is 6.07 Å². The number of anilines is 2. The second-order valence-corrected chi connectivity index (χ2v) is 7.20. The molecule has 0 radical (unpaired) electrons. The van der Waals surface area contributed by atoms with Gasteiger partial charge in [-0.05, 0) is 50.2 Å². The molecule has 7 nitrogen and oxygen atoms in total. The number of hydrogen-bond donors (Lipinski definition) is 2. The SMILES string of the molecule is CCOC(=O)Nc1cccc(C(=O)NCCCN2CCN(c3ccccc3)CC2)c1. The lowest BCUT2D eigenvalue weighted by Crippen LogP contribution is -2.47. The molecular weight excluding hydrogens is 380 g/mol. The molecule has 1 fully saturated rings. The number of nitrogens with one attached hydrogen (secondary N) is 2. The van der Waals surface area contributed by atoms with Crippen molar-refractivity contribution in [3.05, 3.63) is 60.2 Å². The van der Waals surface area contributed by atoms with Crippen LogP contribution in [0.4, 0.5) is 16.2 Å². The standard InChI is InChI=1S/C23H30N4O3/c1-2-30-23(29)25-20-9-6-8-19(18-20)22(28)24-12-7-13-26-14-16-27(17-15-26)21-10-4-3-5-11-21/h3-6,8-11,18H,2,7,12-17H2,1H3,(H,24,28)(H,25,29). The third kappa shape index (κ3) is 6.49. The highest BCUT2D eigenvalue weighted by atomic mass is 16.5. The minimum atomic E-state index is -0.526. The van der Waals surface area contributed by atoms with Crippen LogP contribution >= 0.6 is 0 Å². The van der Waals surface area contributed by atoms with Gasteiger partial charge in [-0.15, -0.1) is 0 Å². The summed E-state index contributed by atoms with van der Waals surface area (Å²) in [4.78, 5) is 28.8. The van der Waals surface area contributed by atoms with Crippen LogP contribution in [0.1, 0.15) is 23.7 Å². The van der Waals surface area contributed by atoms with Gasteiger partial charge in [-0.2, -0.15) is 0 Å². The zero-order chi connectivity index (χ0) is 21.2. The smallest absolute Gasteiger partial charge is 0.411 e. The number of nitrogens with zero attached hydrogens (tertiary/aromatic N) is 2. The predicted octanol–water partition coefficient (Wildman–Crippen LogP) is 3.20. The predicted molar refractivity (Wildman–Crippen MR) is 119 cm³/mol. The minimum absolute atomic E-state index is 0.142. The van der Waals surface area contributed by atoms with Crippen LogP contribution in [0.25, 0.3) is 0 Å². The summed E-state index contributed by atoms with van der Waals surface area (Å²) in [7, 11) is 0. The van der Waals surface area contributed by atoms with Gasteiger partial charge in [0.25, 0.3) is 5.91 Å². The first-order valence-electron chi connectivity index (χ1n) is 10.5. The lowest BCUT2D eigenvalue weighted by molar-refractivity contribution is 0.0951. The fourth-order valence-electron chi connectivity index (χ4n) is 3.50. The van der Waals surface area contributed by atoms with E-state index in [0.29, 0.717) is 24.4 Å². The maximum atomic E-state index is 12.4. The number of benzene rings is 2. The zero-order valence-corrected chi connectivity index (χ0v) is 17.5. The molecule has 2 amide bonds. The highest BCUT2D eigenvalue weighted by Gasteiger charge is 2.16. The van der Waals surface area contributed by atoms with Crippen molar-refractivity contribution in [2.75, 3.05) is 56.1 Å². The first-order chi connectivity index (χ1) is 14.7. The summed E-state index contributed by atoms with van der Waals surface area (Å²) < 4.78 is 4.86. The molecule has 0 spiro atoms. The molecule has 160 valence electrons. The average Bonchev–Trinajstić information content (AvgIpc) is 2.78. The van der Waals surface area contributed by atoms with Crippen LogP contribution in [0.15, 0.2) is 54.6 Å². The van der Waals surface area contributed by atoms with Crippen LogP contribution in [0.2, 0.25) is 0 Å². The van der Waals surface area contributed by atoms with Crippen LogP contribution in [-0.4, -0.2) is 62.8 Å². The summed E-state index contributed by atoms with van der Waals surface area (Å²) in [6.45, 7) is 7.74. The van der Waals surface area contributed by atoms with Crippen LogP contribution in [0, 0.1) is 0 Å². The van der Waals surface area contributed by atoms with Gasteiger partial charge in [-0.25, -0.2) is 4.79 Å². The van der Waals surface area contributed by atoms with E-state index >= 15 is 0 Å². The molecule has 2 aromatic rings. The number of para-hydroxylation sites is 1. The normalized spacial score (nSPS) is 14.2. The highest BCUT2D eigenvalue weighted by Crippen LogP contribution is 2.15. The van der Waals surface area contributed by atoms with E-state index in [-0.39, 0.29) is 5.91 Å². The summed E-state index contributed by atoms with van der Waals surface area (Å²) in [6, 6.07) is 17.3.